The number of hydrogen-bond donors (Lipinski definition) is 4. The van der Waals surface area contributed by atoms with Crippen molar-refractivity contribution in [2.45, 2.75) is 24.5 Å². The highest BCUT2D eigenvalue weighted by Crippen LogP contribution is 2.36. The van der Waals surface area contributed by atoms with E-state index in [1.165, 1.54) is 0 Å². The number of nitrogens with one attached hydrogen (secondary N) is 1. The van der Waals surface area contributed by atoms with Gasteiger partial charge in [-0.15, -0.1) is 0 Å². The maximum Gasteiger partial charge on any atom is 0.280 e. The predicted molar refractivity (Wildman–Crippen MR) is 71.0 cm³/mol. The number of nitrogens with two attached hydrogens (primary N) is 1. The number of aliphatic hydroxyl groups is 2. The number of aromatic nitrogens is 4. The fourth-order valence-corrected chi connectivity index (χ4v) is 3.20. The molecule has 1 fully saturated rings. The quantitative estimate of drug-likeness (QED) is 0.400. The summed E-state index contributed by atoms with van der Waals surface area (Å²) in [5.41, 5.74) is 4.74. The summed E-state index contributed by atoms with van der Waals surface area (Å²) in [5.74, 6) is -0.197. The lowest BCUT2D eigenvalue weighted by Crippen LogP contribution is -2.35. The highest BCUT2D eigenvalue weighted by Gasteiger charge is 2.44. The van der Waals surface area contributed by atoms with Crippen molar-refractivity contribution in [1.29, 1.82) is 0 Å². The fraction of sp³-hybridized carbons (Fsp3) is 0.500. The van der Waals surface area contributed by atoms with Gasteiger partial charge in [-0.3, -0.25) is 14.3 Å². The number of rotatable bonds is 3. The minimum atomic E-state index is -4.96. The molecular weight excluding hydrogens is 333 g/mol. The van der Waals surface area contributed by atoms with Crippen molar-refractivity contribution in [3.05, 3.63) is 16.7 Å². The summed E-state index contributed by atoms with van der Waals surface area (Å²) in [6, 6.07) is 0. The van der Waals surface area contributed by atoms with Gasteiger partial charge in [-0.05, 0) is 0 Å². The van der Waals surface area contributed by atoms with Crippen molar-refractivity contribution in [2.24, 2.45) is 0 Å². The highest BCUT2D eigenvalue weighted by molar-refractivity contribution is 7.48. The summed E-state index contributed by atoms with van der Waals surface area (Å²) < 4.78 is 17.2. The maximum atomic E-state index is 11.7. The molecule has 4 unspecified atom stereocenters. The van der Waals surface area contributed by atoms with Crippen LogP contribution in [0, 0.1) is 0 Å². The molecule has 13 heteroatoms. The third-order valence-electron chi connectivity index (χ3n) is 3.47. The largest absolute Gasteiger partial charge is 0.811 e. The summed E-state index contributed by atoms with van der Waals surface area (Å²) in [4.78, 5) is 43.3. The van der Waals surface area contributed by atoms with E-state index in [1.54, 1.807) is 0 Å². The van der Waals surface area contributed by atoms with Gasteiger partial charge >= 0.3 is 0 Å². The number of aliphatic hydroxyl groups excluding tert-OH is 2. The van der Waals surface area contributed by atoms with Crippen LogP contribution in [-0.2, 0) is 9.30 Å². The Morgan fingerprint density at radius 3 is 2.78 bits per heavy atom. The number of anilines is 1. The number of imidazole rings is 1. The minimum Gasteiger partial charge on any atom is -0.811 e. The maximum absolute atomic E-state index is 11.7. The SMILES string of the molecule is Nc1nc2c(ncn2C2OC(CP(=O)([O-])[O-])C(O)C2O)c(=O)[nH]1. The van der Waals surface area contributed by atoms with Crippen LogP contribution in [0.15, 0.2) is 11.1 Å². The second kappa shape index (κ2) is 5.37. The van der Waals surface area contributed by atoms with Gasteiger partial charge in [0.15, 0.2) is 17.4 Å². The zero-order valence-electron chi connectivity index (χ0n) is 11.4. The zero-order chi connectivity index (χ0) is 16.9. The molecule has 12 nitrogen and oxygen atoms in total. The van der Waals surface area contributed by atoms with Gasteiger partial charge in [0.1, 0.15) is 12.2 Å². The Morgan fingerprint density at radius 1 is 1.43 bits per heavy atom. The molecule has 0 aromatic carbocycles. The molecule has 0 amide bonds. The van der Waals surface area contributed by atoms with Gasteiger partial charge in [-0.1, -0.05) is 7.60 Å². The van der Waals surface area contributed by atoms with E-state index in [1.807, 2.05) is 0 Å². The van der Waals surface area contributed by atoms with Crippen LogP contribution in [0.3, 0.4) is 0 Å². The molecule has 1 aliphatic rings. The molecule has 5 N–H and O–H groups in total. The van der Waals surface area contributed by atoms with Gasteiger partial charge in [-0.25, -0.2) is 4.98 Å². The van der Waals surface area contributed by atoms with Crippen LogP contribution in [0.1, 0.15) is 6.23 Å². The van der Waals surface area contributed by atoms with E-state index in [2.05, 4.69) is 15.0 Å². The van der Waals surface area contributed by atoms with E-state index < -0.39 is 43.9 Å². The first kappa shape index (κ1) is 16.1. The number of fused-ring (bicyclic) bond motifs is 1. The first-order valence-corrected chi connectivity index (χ1v) is 8.15. The molecule has 0 aliphatic carbocycles. The van der Waals surface area contributed by atoms with Gasteiger partial charge in [0.25, 0.3) is 5.56 Å². The van der Waals surface area contributed by atoms with Crippen molar-refractivity contribution in [3.8, 4) is 0 Å². The number of hydrogen-bond acceptors (Lipinski definition) is 10. The van der Waals surface area contributed by atoms with Crippen LogP contribution in [0.5, 0.6) is 0 Å². The fourth-order valence-electron chi connectivity index (χ4n) is 2.46. The van der Waals surface area contributed by atoms with Gasteiger partial charge in [-0.2, -0.15) is 4.98 Å². The van der Waals surface area contributed by atoms with Gasteiger partial charge in [0, 0.05) is 6.16 Å². The van der Waals surface area contributed by atoms with E-state index >= 15 is 0 Å². The Kier molecular flexibility index (Phi) is 3.75. The Morgan fingerprint density at radius 2 is 2.13 bits per heavy atom. The second-order valence-electron chi connectivity index (χ2n) is 5.11. The molecule has 23 heavy (non-hydrogen) atoms. The van der Waals surface area contributed by atoms with Crippen molar-refractivity contribution < 1.29 is 29.3 Å². The topological polar surface area (TPSA) is 202 Å². The molecule has 1 saturated heterocycles. The second-order valence-corrected chi connectivity index (χ2v) is 6.70. The predicted octanol–water partition coefficient (Wildman–Crippen LogP) is -3.77. The van der Waals surface area contributed by atoms with E-state index in [9.17, 15) is 29.4 Å². The molecule has 3 rings (SSSR count). The first-order chi connectivity index (χ1) is 10.7. The third-order valence-corrected chi connectivity index (χ3v) is 4.27. The lowest BCUT2D eigenvalue weighted by molar-refractivity contribution is -0.315. The van der Waals surface area contributed by atoms with E-state index in [4.69, 9.17) is 10.5 Å². The average Bonchev–Trinajstić information content (AvgIpc) is 2.94. The Bertz CT molecular complexity index is 844. The molecule has 0 radical (unpaired) electrons. The highest BCUT2D eigenvalue weighted by atomic mass is 31.2. The van der Waals surface area contributed by atoms with E-state index in [-0.39, 0.29) is 17.1 Å². The normalized spacial score (nSPS) is 28.5. The summed E-state index contributed by atoms with van der Waals surface area (Å²) >= 11 is 0. The van der Waals surface area contributed by atoms with Gasteiger partial charge in [0.05, 0.1) is 12.4 Å². The Balaban J connectivity index is 1.99. The van der Waals surface area contributed by atoms with E-state index in [0.717, 1.165) is 10.9 Å². The van der Waals surface area contributed by atoms with Gasteiger partial charge < -0.3 is 35.0 Å². The molecule has 0 saturated carbocycles. The Hall–Kier alpha value is -1.82. The zero-order valence-corrected chi connectivity index (χ0v) is 12.3. The van der Waals surface area contributed by atoms with Crippen LogP contribution in [0.2, 0.25) is 0 Å². The summed E-state index contributed by atoms with van der Waals surface area (Å²) in [7, 11) is -4.96. The molecule has 2 aromatic rings. The smallest absolute Gasteiger partial charge is 0.280 e. The monoisotopic (exact) mass is 345 g/mol. The number of nitrogens with zero attached hydrogens (tertiary/aromatic N) is 3. The number of H-pyrrole nitrogens is 1. The molecule has 0 spiro atoms. The molecule has 3 heterocycles. The Labute approximate surface area is 127 Å². The van der Waals surface area contributed by atoms with Crippen molar-refractivity contribution in [1.82, 2.24) is 19.5 Å². The van der Waals surface area contributed by atoms with Crippen LogP contribution in [-0.4, -0.2) is 54.2 Å². The number of ether oxygens (including phenoxy) is 1. The van der Waals surface area contributed by atoms with E-state index in [0.29, 0.717) is 0 Å². The molecule has 1 aliphatic heterocycles. The summed E-state index contributed by atoms with van der Waals surface area (Å²) in [6.45, 7) is 0. The average molecular weight is 345 g/mol. The van der Waals surface area contributed by atoms with Gasteiger partial charge in [0.2, 0.25) is 5.95 Å². The van der Waals surface area contributed by atoms with Crippen molar-refractivity contribution >= 4 is 24.7 Å². The molecular formula is C10H12N5O7P-2. The standard InChI is InChI=1S/C10H14N5O7P/c11-10-13-7-4(8(18)14-10)12-2-15(7)9-6(17)5(16)3(22-9)1-23(19,20)21/h2-3,5-6,9,16-17H,1H2,(H2,19,20,21)(H3,11,13,14,18)/p-2. The van der Waals surface area contributed by atoms with Crippen LogP contribution in [0.4, 0.5) is 5.95 Å². The van der Waals surface area contributed by atoms with Crippen molar-refractivity contribution in [2.75, 3.05) is 11.9 Å². The summed E-state index contributed by atoms with van der Waals surface area (Å²) in [5, 5.41) is 19.9. The number of aromatic amines is 1. The first-order valence-electron chi connectivity index (χ1n) is 6.42. The van der Waals surface area contributed by atoms with Crippen molar-refractivity contribution in [3.63, 3.8) is 0 Å². The lowest BCUT2D eigenvalue weighted by atomic mass is 10.1. The lowest BCUT2D eigenvalue weighted by Gasteiger charge is -2.32. The van der Waals surface area contributed by atoms with Crippen LogP contribution in [0.25, 0.3) is 11.2 Å². The molecule has 2 aromatic heterocycles. The van der Waals surface area contributed by atoms with Crippen LogP contribution >= 0.6 is 7.60 Å². The molecule has 0 bridgehead atoms. The number of nitrogen functional groups attached to an aromatic ring is 1. The summed E-state index contributed by atoms with van der Waals surface area (Å²) in [6.07, 6.45) is -5.69. The molecule has 126 valence electrons. The van der Waals surface area contributed by atoms with Crippen LogP contribution < -0.4 is 21.1 Å². The third kappa shape index (κ3) is 2.87. The molecule has 4 atom stereocenters. The minimum absolute atomic E-state index is 0.0180.